The third kappa shape index (κ3) is 4.69. The molecule has 1 unspecified atom stereocenters. The lowest BCUT2D eigenvalue weighted by atomic mass is 10.2. The van der Waals surface area contributed by atoms with E-state index < -0.39 is 18.0 Å². The van der Waals surface area contributed by atoms with Crippen LogP contribution in [-0.4, -0.2) is 37.2 Å². The van der Waals surface area contributed by atoms with Gasteiger partial charge < -0.3 is 19.5 Å². The van der Waals surface area contributed by atoms with Crippen molar-refractivity contribution in [2.45, 2.75) is 19.4 Å². The van der Waals surface area contributed by atoms with Gasteiger partial charge in [-0.2, -0.15) is 0 Å². The molecule has 1 aromatic carbocycles. The Morgan fingerprint density at radius 1 is 1.20 bits per heavy atom. The molecule has 0 spiro atoms. The van der Waals surface area contributed by atoms with Gasteiger partial charge in [-0.15, -0.1) is 0 Å². The Balaban J connectivity index is 2.08. The molecule has 1 aromatic heterocycles. The fraction of sp³-hybridized carbons (Fsp3) is 0.278. The van der Waals surface area contributed by atoms with Crippen LogP contribution in [0.15, 0.2) is 42.7 Å². The van der Waals surface area contributed by atoms with Crippen molar-refractivity contribution in [3.63, 3.8) is 0 Å². The highest BCUT2D eigenvalue weighted by Gasteiger charge is 2.23. The fourth-order valence-electron chi connectivity index (χ4n) is 2.12. The number of carbonyl (C=O) groups is 2. The molecule has 25 heavy (non-hydrogen) atoms. The van der Waals surface area contributed by atoms with Crippen LogP contribution in [0.5, 0.6) is 11.5 Å². The number of methoxy groups -OCH3 is 2. The predicted molar refractivity (Wildman–Crippen MR) is 91.9 cm³/mol. The topological polar surface area (TPSA) is 86.8 Å². The van der Waals surface area contributed by atoms with Gasteiger partial charge in [0.1, 0.15) is 11.5 Å². The average molecular weight is 344 g/mol. The largest absolute Gasteiger partial charge is 0.497 e. The first-order valence-electron chi connectivity index (χ1n) is 7.73. The number of hydrogen-bond acceptors (Lipinski definition) is 6. The molecule has 0 aliphatic heterocycles. The van der Waals surface area contributed by atoms with Crippen molar-refractivity contribution in [3.05, 3.63) is 48.3 Å². The number of nitrogens with one attached hydrogen (secondary N) is 1. The molecule has 1 atom stereocenters. The van der Waals surface area contributed by atoms with Crippen molar-refractivity contribution in [1.82, 2.24) is 4.98 Å². The van der Waals surface area contributed by atoms with Crippen LogP contribution >= 0.6 is 0 Å². The summed E-state index contributed by atoms with van der Waals surface area (Å²) in [5, 5.41) is 2.71. The number of benzene rings is 1. The summed E-state index contributed by atoms with van der Waals surface area (Å²) in [5.41, 5.74) is 0.750. The number of carbonyl (C=O) groups excluding carboxylic acids is 2. The highest BCUT2D eigenvalue weighted by Crippen LogP contribution is 2.29. The first-order valence-corrected chi connectivity index (χ1v) is 7.73. The minimum Gasteiger partial charge on any atom is -0.497 e. The van der Waals surface area contributed by atoms with Crippen LogP contribution in [0.25, 0.3) is 0 Å². The van der Waals surface area contributed by atoms with Gasteiger partial charge in [-0.1, -0.05) is 6.92 Å². The monoisotopic (exact) mass is 344 g/mol. The van der Waals surface area contributed by atoms with Crippen LogP contribution < -0.4 is 14.8 Å². The Hall–Kier alpha value is -3.09. The molecule has 7 heteroatoms. The first-order chi connectivity index (χ1) is 12.1. The van der Waals surface area contributed by atoms with E-state index in [0.717, 1.165) is 0 Å². The predicted octanol–water partition coefficient (Wildman–Crippen LogP) is 2.67. The molecular weight excluding hydrogens is 324 g/mol. The van der Waals surface area contributed by atoms with Crippen molar-refractivity contribution in [1.29, 1.82) is 0 Å². The zero-order valence-electron chi connectivity index (χ0n) is 14.3. The molecule has 0 fully saturated rings. The van der Waals surface area contributed by atoms with Crippen LogP contribution in [0.3, 0.4) is 0 Å². The number of amides is 1. The molecule has 0 radical (unpaired) electrons. The number of anilines is 1. The maximum Gasteiger partial charge on any atom is 0.340 e. The second-order valence-corrected chi connectivity index (χ2v) is 5.10. The Morgan fingerprint density at radius 2 is 2.00 bits per heavy atom. The van der Waals surface area contributed by atoms with E-state index in [4.69, 9.17) is 14.2 Å². The molecule has 1 amide bonds. The summed E-state index contributed by atoms with van der Waals surface area (Å²) in [4.78, 5) is 28.4. The van der Waals surface area contributed by atoms with E-state index in [9.17, 15) is 9.59 Å². The average Bonchev–Trinajstić information content (AvgIpc) is 2.66. The van der Waals surface area contributed by atoms with Gasteiger partial charge in [-0.05, 0) is 30.7 Å². The Bertz CT molecular complexity index is 734. The van der Waals surface area contributed by atoms with E-state index in [-0.39, 0.29) is 5.56 Å². The number of esters is 1. The third-order valence-electron chi connectivity index (χ3n) is 3.48. The molecule has 0 aliphatic rings. The van der Waals surface area contributed by atoms with E-state index in [1.807, 2.05) is 0 Å². The molecule has 0 bridgehead atoms. The van der Waals surface area contributed by atoms with Gasteiger partial charge in [0, 0.05) is 18.5 Å². The lowest BCUT2D eigenvalue weighted by Crippen LogP contribution is -2.32. The standard InChI is InChI=1S/C18H20N2O5/c1-4-15(25-18(22)12-6-5-9-19-11-12)17(21)20-14-8-7-13(23-2)10-16(14)24-3/h5-11,15H,4H2,1-3H3,(H,20,21). The summed E-state index contributed by atoms with van der Waals surface area (Å²) in [5.74, 6) is 0.00559. The summed E-state index contributed by atoms with van der Waals surface area (Å²) in [6.45, 7) is 1.76. The summed E-state index contributed by atoms with van der Waals surface area (Å²) in [6, 6.07) is 8.20. The molecule has 0 saturated heterocycles. The lowest BCUT2D eigenvalue weighted by molar-refractivity contribution is -0.124. The molecule has 1 heterocycles. The summed E-state index contributed by atoms with van der Waals surface area (Å²) >= 11 is 0. The maximum atomic E-state index is 12.4. The SMILES string of the molecule is CCC(OC(=O)c1cccnc1)C(=O)Nc1ccc(OC)cc1OC. The third-order valence-corrected chi connectivity index (χ3v) is 3.48. The number of pyridine rings is 1. The second kappa shape index (κ2) is 8.68. The minimum absolute atomic E-state index is 0.288. The van der Waals surface area contributed by atoms with Crippen molar-refractivity contribution >= 4 is 17.6 Å². The summed E-state index contributed by atoms with van der Waals surface area (Å²) in [6.07, 6.45) is 2.34. The Morgan fingerprint density at radius 3 is 2.60 bits per heavy atom. The normalized spacial score (nSPS) is 11.3. The van der Waals surface area contributed by atoms with E-state index in [1.165, 1.54) is 20.4 Å². The Kier molecular flexibility index (Phi) is 6.33. The molecule has 1 N–H and O–H groups in total. The summed E-state index contributed by atoms with van der Waals surface area (Å²) in [7, 11) is 3.03. The number of ether oxygens (including phenoxy) is 3. The molecule has 2 rings (SSSR count). The Labute approximate surface area is 145 Å². The van der Waals surface area contributed by atoms with Gasteiger partial charge in [-0.3, -0.25) is 9.78 Å². The lowest BCUT2D eigenvalue weighted by Gasteiger charge is -2.17. The van der Waals surface area contributed by atoms with Crippen LogP contribution in [0.2, 0.25) is 0 Å². The first kappa shape index (κ1) is 18.3. The molecule has 7 nitrogen and oxygen atoms in total. The molecule has 0 aliphatic carbocycles. The van der Waals surface area contributed by atoms with Crippen LogP contribution in [0.1, 0.15) is 23.7 Å². The van der Waals surface area contributed by atoms with Gasteiger partial charge in [0.05, 0.1) is 25.5 Å². The number of aromatic nitrogens is 1. The van der Waals surface area contributed by atoms with Crippen molar-refractivity contribution in [3.8, 4) is 11.5 Å². The van der Waals surface area contributed by atoms with E-state index >= 15 is 0 Å². The summed E-state index contributed by atoms with van der Waals surface area (Å²) < 4.78 is 15.6. The van der Waals surface area contributed by atoms with Gasteiger partial charge in [0.25, 0.3) is 5.91 Å². The van der Waals surface area contributed by atoms with Gasteiger partial charge >= 0.3 is 5.97 Å². The van der Waals surface area contributed by atoms with Gasteiger partial charge in [0.2, 0.25) is 0 Å². The molecular formula is C18H20N2O5. The van der Waals surface area contributed by atoms with Crippen LogP contribution in [0.4, 0.5) is 5.69 Å². The molecule has 0 saturated carbocycles. The molecule has 132 valence electrons. The van der Waals surface area contributed by atoms with Crippen molar-refractivity contribution in [2.24, 2.45) is 0 Å². The van der Waals surface area contributed by atoms with Crippen molar-refractivity contribution in [2.75, 3.05) is 19.5 Å². The van der Waals surface area contributed by atoms with E-state index in [1.54, 1.807) is 43.5 Å². The smallest absolute Gasteiger partial charge is 0.340 e. The second-order valence-electron chi connectivity index (χ2n) is 5.10. The van der Waals surface area contributed by atoms with Gasteiger partial charge in [-0.25, -0.2) is 4.79 Å². The van der Waals surface area contributed by atoms with Crippen molar-refractivity contribution < 1.29 is 23.8 Å². The van der Waals surface area contributed by atoms with Crippen LogP contribution in [0, 0.1) is 0 Å². The zero-order chi connectivity index (χ0) is 18.2. The molecule has 2 aromatic rings. The number of nitrogens with zero attached hydrogens (tertiary/aromatic N) is 1. The fourth-order valence-corrected chi connectivity index (χ4v) is 2.12. The number of rotatable bonds is 7. The minimum atomic E-state index is -0.931. The van der Waals surface area contributed by atoms with E-state index in [2.05, 4.69) is 10.3 Å². The van der Waals surface area contributed by atoms with E-state index in [0.29, 0.717) is 23.6 Å². The maximum absolute atomic E-state index is 12.4. The number of hydrogen-bond donors (Lipinski definition) is 1. The van der Waals surface area contributed by atoms with Crippen LogP contribution in [-0.2, 0) is 9.53 Å². The highest BCUT2D eigenvalue weighted by molar-refractivity contribution is 5.98. The quantitative estimate of drug-likeness (QED) is 0.777. The van der Waals surface area contributed by atoms with Gasteiger partial charge in [0.15, 0.2) is 6.10 Å². The zero-order valence-corrected chi connectivity index (χ0v) is 14.3. The highest BCUT2D eigenvalue weighted by atomic mass is 16.5.